The lowest BCUT2D eigenvalue weighted by Crippen LogP contribution is -2.26. The summed E-state index contributed by atoms with van der Waals surface area (Å²) in [4.78, 5) is 18.0. The van der Waals surface area contributed by atoms with Crippen molar-refractivity contribution in [2.45, 2.75) is 20.3 Å². The van der Waals surface area contributed by atoms with Crippen LogP contribution in [-0.2, 0) is 4.74 Å². The maximum Gasteiger partial charge on any atom is 0.295 e. The van der Waals surface area contributed by atoms with E-state index in [0.717, 1.165) is 6.42 Å². The van der Waals surface area contributed by atoms with Crippen molar-refractivity contribution >= 4 is 5.82 Å². The summed E-state index contributed by atoms with van der Waals surface area (Å²) in [6.07, 6.45) is 2.28. The number of nitrogens with zero attached hydrogens (tertiary/aromatic N) is 1. The Bertz CT molecular complexity index is 429. The molecule has 0 unspecified atom stereocenters. The summed E-state index contributed by atoms with van der Waals surface area (Å²) >= 11 is 0. The zero-order valence-electron chi connectivity index (χ0n) is 11.4. The van der Waals surface area contributed by atoms with Crippen molar-refractivity contribution in [2.75, 3.05) is 32.7 Å². The predicted octanol–water partition coefficient (Wildman–Crippen LogP) is 1.25. The van der Waals surface area contributed by atoms with Gasteiger partial charge in [0.1, 0.15) is 0 Å². The molecule has 0 fully saturated rings. The lowest BCUT2D eigenvalue weighted by molar-refractivity contribution is 0.157. The maximum absolute atomic E-state index is 11.5. The Labute approximate surface area is 107 Å². The molecule has 0 amide bonds. The average molecular weight is 255 g/mol. The first-order valence-electron chi connectivity index (χ1n) is 5.84. The van der Waals surface area contributed by atoms with E-state index >= 15 is 0 Å². The Kier molecular flexibility index (Phi) is 5.15. The molecule has 1 aromatic heterocycles. The van der Waals surface area contributed by atoms with E-state index in [9.17, 15) is 4.79 Å². The van der Waals surface area contributed by atoms with Gasteiger partial charge in [-0.05, 0) is 11.8 Å². The summed E-state index contributed by atoms with van der Waals surface area (Å²) < 4.78 is 10.1. The zero-order chi connectivity index (χ0) is 13.6. The number of nitrogens with one attached hydrogen (secondary N) is 2. The lowest BCUT2D eigenvalue weighted by Gasteiger charge is -2.25. The van der Waals surface area contributed by atoms with E-state index in [2.05, 4.69) is 29.1 Å². The highest BCUT2D eigenvalue weighted by Crippen LogP contribution is 2.22. The second kappa shape index (κ2) is 6.39. The van der Waals surface area contributed by atoms with Gasteiger partial charge in [0.05, 0.1) is 13.4 Å². The molecule has 1 aromatic rings. The van der Waals surface area contributed by atoms with Gasteiger partial charge in [0.2, 0.25) is 5.75 Å². The third-order valence-corrected chi connectivity index (χ3v) is 2.73. The zero-order valence-corrected chi connectivity index (χ0v) is 11.4. The molecule has 0 saturated heterocycles. The molecule has 1 heterocycles. The molecule has 6 nitrogen and oxygen atoms in total. The highest BCUT2D eigenvalue weighted by molar-refractivity contribution is 5.47. The smallest absolute Gasteiger partial charge is 0.295 e. The number of rotatable bonds is 7. The second-order valence-corrected chi connectivity index (χ2v) is 4.87. The van der Waals surface area contributed by atoms with Crippen LogP contribution >= 0.6 is 0 Å². The fourth-order valence-electron chi connectivity index (χ4n) is 1.49. The second-order valence-electron chi connectivity index (χ2n) is 4.87. The van der Waals surface area contributed by atoms with Crippen molar-refractivity contribution in [1.82, 2.24) is 9.97 Å². The van der Waals surface area contributed by atoms with Crippen LogP contribution < -0.4 is 15.6 Å². The minimum atomic E-state index is -0.287. The van der Waals surface area contributed by atoms with Crippen LogP contribution in [0.2, 0.25) is 0 Å². The topological polar surface area (TPSA) is 76.2 Å². The minimum absolute atomic E-state index is 0.0469. The summed E-state index contributed by atoms with van der Waals surface area (Å²) in [5.74, 6) is 0.673. The fourth-order valence-corrected chi connectivity index (χ4v) is 1.49. The molecule has 0 atom stereocenters. The molecule has 0 aromatic carbocycles. The molecule has 102 valence electrons. The first kappa shape index (κ1) is 14.5. The van der Waals surface area contributed by atoms with Gasteiger partial charge in [-0.3, -0.25) is 4.79 Å². The van der Waals surface area contributed by atoms with Crippen molar-refractivity contribution in [3.05, 3.63) is 16.7 Å². The monoisotopic (exact) mass is 255 g/mol. The first-order chi connectivity index (χ1) is 8.50. The van der Waals surface area contributed by atoms with Crippen LogP contribution in [0.25, 0.3) is 0 Å². The van der Waals surface area contributed by atoms with E-state index in [1.54, 1.807) is 7.11 Å². The highest BCUT2D eigenvalue weighted by atomic mass is 16.5. The van der Waals surface area contributed by atoms with Gasteiger partial charge < -0.3 is 19.8 Å². The molecule has 0 aliphatic rings. The molecule has 0 bridgehead atoms. The number of hydrogen-bond acceptors (Lipinski definition) is 5. The Morgan fingerprint density at radius 1 is 1.44 bits per heavy atom. The fraction of sp³-hybridized carbons (Fsp3) is 0.667. The van der Waals surface area contributed by atoms with Gasteiger partial charge in [0.15, 0.2) is 5.82 Å². The molecular weight excluding hydrogens is 234 g/mol. The molecule has 0 radical (unpaired) electrons. The number of aromatic nitrogens is 2. The Morgan fingerprint density at radius 3 is 2.78 bits per heavy atom. The number of aromatic amines is 1. The van der Waals surface area contributed by atoms with Gasteiger partial charge in [-0.15, -0.1) is 0 Å². The number of ether oxygens (including phenoxy) is 2. The Morgan fingerprint density at radius 2 is 2.17 bits per heavy atom. The Balaban J connectivity index is 2.68. The highest BCUT2D eigenvalue weighted by Gasteiger charge is 2.19. The largest absolute Gasteiger partial charge is 0.489 e. The minimum Gasteiger partial charge on any atom is -0.489 e. The van der Waals surface area contributed by atoms with Crippen molar-refractivity contribution in [2.24, 2.45) is 5.41 Å². The molecule has 2 N–H and O–H groups in total. The van der Waals surface area contributed by atoms with Gasteiger partial charge in [0.25, 0.3) is 5.56 Å². The van der Waals surface area contributed by atoms with E-state index in [1.165, 1.54) is 13.4 Å². The van der Waals surface area contributed by atoms with Crippen molar-refractivity contribution < 1.29 is 9.47 Å². The normalized spacial score (nSPS) is 11.3. The van der Waals surface area contributed by atoms with Crippen LogP contribution in [0.3, 0.4) is 0 Å². The lowest BCUT2D eigenvalue weighted by atomic mass is 9.90. The van der Waals surface area contributed by atoms with E-state index in [0.29, 0.717) is 19.0 Å². The van der Waals surface area contributed by atoms with Gasteiger partial charge >= 0.3 is 0 Å². The summed E-state index contributed by atoms with van der Waals surface area (Å²) in [6.45, 7) is 5.63. The number of H-pyrrole nitrogens is 1. The van der Waals surface area contributed by atoms with Crippen LogP contribution in [0.4, 0.5) is 5.82 Å². The first-order valence-corrected chi connectivity index (χ1v) is 5.84. The number of anilines is 1. The predicted molar refractivity (Wildman–Crippen MR) is 70.2 cm³/mol. The van der Waals surface area contributed by atoms with Crippen LogP contribution in [0.15, 0.2) is 11.1 Å². The van der Waals surface area contributed by atoms with E-state index < -0.39 is 0 Å². The standard InChI is InChI=1S/C12H21N3O3/c1-12(2,5-6-17-3)7-13-10-9(18-4)11(16)15-8-14-10/h8H,5-7H2,1-4H3,(H2,13,14,15,16). The maximum atomic E-state index is 11.5. The SMILES string of the molecule is COCCC(C)(C)CNc1nc[nH]c(=O)c1OC. The van der Waals surface area contributed by atoms with Gasteiger partial charge in [-0.25, -0.2) is 4.98 Å². The molecular formula is C12H21N3O3. The van der Waals surface area contributed by atoms with Crippen LogP contribution in [0.5, 0.6) is 5.75 Å². The van der Waals surface area contributed by atoms with Crippen LogP contribution in [0.1, 0.15) is 20.3 Å². The molecule has 18 heavy (non-hydrogen) atoms. The molecule has 0 aliphatic heterocycles. The van der Waals surface area contributed by atoms with Crippen LogP contribution in [0, 0.1) is 5.41 Å². The molecule has 6 heteroatoms. The number of hydrogen-bond donors (Lipinski definition) is 2. The molecule has 0 aliphatic carbocycles. The summed E-state index contributed by atoms with van der Waals surface area (Å²) in [6, 6.07) is 0. The number of methoxy groups -OCH3 is 2. The third-order valence-electron chi connectivity index (χ3n) is 2.73. The van der Waals surface area contributed by atoms with E-state index in [4.69, 9.17) is 9.47 Å². The molecule has 0 saturated carbocycles. The summed E-state index contributed by atoms with van der Waals surface area (Å²) in [5, 5.41) is 3.14. The third kappa shape index (κ3) is 4.03. The van der Waals surface area contributed by atoms with E-state index in [-0.39, 0.29) is 16.7 Å². The van der Waals surface area contributed by atoms with Gasteiger partial charge in [0, 0.05) is 20.3 Å². The molecule has 0 spiro atoms. The quantitative estimate of drug-likeness (QED) is 0.767. The van der Waals surface area contributed by atoms with Crippen LogP contribution in [-0.4, -0.2) is 37.3 Å². The van der Waals surface area contributed by atoms with E-state index in [1.807, 2.05) is 0 Å². The summed E-state index contributed by atoms with van der Waals surface area (Å²) in [7, 11) is 3.14. The van der Waals surface area contributed by atoms with Crippen molar-refractivity contribution in [1.29, 1.82) is 0 Å². The van der Waals surface area contributed by atoms with Crippen molar-refractivity contribution in [3.8, 4) is 5.75 Å². The van der Waals surface area contributed by atoms with Gasteiger partial charge in [-0.1, -0.05) is 13.8 Å². The Hall–Kier alpha value is -1.56. The average Bonchev–Trinajstić information content (AvgIpc) is 2.34. The van der Waals surface area contributed by atoms with Crippen molar-refractivity contribution in [3.63, 3.8) is 0 Å². The summed E-state index contributed by atoms with van der Waals surface area (Å²) in [5.41, 5.74) is -0.240. The van der Waals surface area contributed by atoms with Gasteiger partial charge in [-0.2, -0.15) is 0 Å². The molecule has 1 rings (SSSR count).